The summed E-state index contributed by atoms with van der Waals surface area (Å²) < 4.78 is 0. The highest BCUT2D eigenvalue weighted by Gasteiger charge is 2.29. The van der Waals surface area contributed by atoms with Gasteiger partial charge < -0.3 is 10.6 Å². The minimum absolute atomic E-state index is 0.621. The van der Waals surface area contributed by atoms with E-state index < -0.39 is 0 Å². The first-order valence-corrected chi connectivity index (χ1v) is 8.31. The minimum Gasteiger partial charge on any atom is -0.317 e. The summed E-state index contributed by atoms with van der Waals surface area (Å²) in [7, 11) is 0. The Morgan fingerprint density at radius 3 is 2.61 bits per heavy atom. The van der Waals surface area contributed by atoms with Crippen molar-refractivity contribution in [3.63, 3.8) is 0 Å². The van der Waals surface area contributed by atoms with Gasteiger partial charge in [-0.25, -0.2) is 0 Å². The lowest BCUT2D eigenvalue weighted by Gasteiger charge is -2.31. The van der Waals surface area contributed by atoms with Crippen LogP contribution in [0.1, 0.15) is 49.4 Å². The summed E-state index contributed by atoms with van der Waals surface area (Å²) in [4.78, 5) is 1.56. The second-order valence-corrected chi connectivity index (χ2v) is 6.71. The van der Waals surface area contributed by atoms with Gasteiger partial charge in [0.05, 0.1) is 0 Å². The predicted molar refractivity (Wildman–Crippen MR) is 78.0 cm³/mol. The first-order chi connectivity index (χ1) is 8.93. The average Bonchev–Trinajstić information content (AvgIpc) is 3.11. The monoisotopic (exact) mass is 264 g/mol. The van der Waals surface area contributed by atoms with E-state index >= 15 is 0 Å². The maximum Gasteiger partial charge on any atom is 0.0445 e. The average molecular weight is 264 g/mol. The first-order valence-electron chi connectivity index (χ1n) is 7.43. The van der Waals surface area contributed by atoms with Crippen LogP contribution in [0.3, 0.4) is 0 Å². The summed E-state index contributed by atoms with van der Waals surface area (Å²) in [6.07, 6.45) is 8.27. The molecule has 1 aromatic heterocycles. The molecule has 2 N–H and O–H groups in total. The van der Waals surface area contributed by atoms with Gasteiger partial charge in [0.15, 0.2) is 0 Å². The Bertz CT molecular complexity index is 337. The lowest BCUT2D eigenvalue weighted by molar-refractivity contribution is 0.293. The van der Waals surface area contributed by atoms with Crippen molar-refractivity contribution in [2.45, 2.75) is 50.6 Å². The Labute approximate surface area is 114 Å². The molecular weight excluding hydrogens is 240 g/mol. The predicted octanol–water partition coefficient (Wildman–Crippen LogP) is 3.32. The van der Waals surface area contributed by atoms with Crippen molar-refractivity contribution in [1.82, 2.24) is 10.6 Å². The van der Waals surface area contributed by atoms with Crippen molar-refractivity contribution < 1.29 is 0 Å². The molecule has 2 nitrogen and oxygen atoms in total. The van der Waals surface area contributed by atoms with E-state index in [1.54, 1.807) is 4.88 Å². The van der Waals surface area contributed by atoms with Crippen molar-refractivity contribution in [3.8, 4) is 0 Å². The largest absolute Gasteiger partial charge is 0.317 e. The molecule has 0 bridgehead atoms. The number of piperidine rings is 1. The molecule has 1 saturated heterocycles. The second kappa shape index (κ2) is 6.18. The van der Waals surface area contributed by atoms with E-state index in [0.29, 0.717) is 6.04 Å². The van der Waals surface area contributed by atoms with Crippen LogP contribution in [-0.4, -0.2) is 19.1 Å². The third kappa shape index (κ3) is 2.95. The van der Waals surface area contributed by atoms with Gasteiger partial charge in [0.2, 0.25) is 0 Å². The molecular formula is C15H24N2S. The highest BCUT2D eigenvalue weighted by Crippen LogP contribution is 2.37. The molecule has 3 rings (SSSR count). The number of hydrogen-bond donors (Lipinski definition) is 2. The van der Waals surface area contributed by atoms with Gasteiger partial charge in [0.1, 0.15) is 0 Å². The van der Waals surface area contributed by atoms with Gasteiger partial charge in [-0.15, -0.1) is 11.3 Å². The van der Waals surface area contributed by atoms with Crippen molar-refractivity contribution in [2.24, 2.45) is 5.92 Å². The van der Waals surface area contributed by atoms with Crippen molar-refractivity contribution >= 4 is 11.3 Å². The smallest absolute Gasteiger partial charge is 0.0445 e. The van der Waals surface area contributed by atoms with Crippen LogP contribution in [0, 0.1) is 5.92 Å². The Morgan fingerprint density at radius 2 is 1.94 bits per heavy atom. The van der Waals surface area contributed by atoms with E-state index in [2.05, 4.69) is 28.1 Å². The van der Waals surface area contributed by atoms with Crippen LogP contribution in [0.15, 0.2) is 17.5 Å². The van der Waals surface area contributed by atoms with Crippen LogP contribution in [0.25, 0.3) is 0 Å². The zero-order valence-corrected chi connectivity index (χ0v) is 11.8. The van der Waals surface area contributed by atoms with Gasteiger partial charge in [0, 0.05) is 17.0 Å². The Balaban J connectivity index is 1.68. The highest BCUT2D eigenvalue weighted by atomic mass is 32.1. The Morgan fingerprint density at radius 1 is 1.17 bits per heavy atom. The molecule has 18 heavy (non-hydrogen) atoms. The zero-order chi connectivity index (χ0) is 12.2. The fourth-order valence-corrected chi connectivity index (χ4v) is 4.33. The summed E-state index contributed by atoms with van der Waals surface area (Å²) in [6.45, 7) is 2.36. The zero-order valence-electron chi connectivity index (χ0n) is 11.0. The molecule has 0 aromatic carbocycles. The second-order valence-electron chi connectivity index (χ2n) is 5.73. The quantitative estimate of drug-likeness (QED) is 0.872. The molecule has 1 saturated carbocycles. The number of nitrogens with one attached hydrogen (secondary N) is 2. The topological polar surface area (TPSA) is 24.1 Å². The molecule has 3 heteroatoms. The summed E-state index contributed by atoms with van der Waals surface area (Å²) >= 11 is 1.93. The number of thiophene rings is 1. The van der Waals surface area contributed by atoms with Gasteiger partial charge in [-0.3, -0.25) is 0 Å². The first kappa shape index (κ1) is 12.6. The molecule has 1 aromatic rings. The molecule has 1 atom stereocenters. The van der Waals surface area contributed by atoms with Crippen molar-refractivity contribution in [3.05, 3.63) is 22.4 Å². The van der Waals surface area contributed by atoms with Crippen LogP contribution in [-0.2, 0) is 0 Å². The summed E-state index contributed by atoms with van der Waals surface area (Å²) in [6, 6.07) is 5.86. The molecule has 1 aliphatic carbocycles. The fourth-order valence-electron chi connectivity index (χ4n) is 3.45. The third-order valence-electron chi connectivity index (χ3n) is 4.48. The molecule has 100 valence electrons. The minimum atomic E-state index is 0.621. The molecule has 1 aliphatic heterocycles. The number of rotatable bonds is 4. The molecule has 2 heterocycles. The van der Waals surface area contributed by atoms with Gasteiger partial charge in [-0.05, 0) is 56.1 Å². The third-order valence-corrected chi connectivity index (χ3v) is 5.43. The van der Waals surface area contributed by atoms with Crippen LogP contribution in [0.2, 0.25) is 0 Å². The van der Waals surface area contributed by atoms with Crippen molar-refractivity contribution in [2.75, 3.05) is 13.1 Å². The van der Waals surface area contributed by atoms with E-state index in [9.17, 15) is 0 Å². The molecule has 0 radical (unpaired) electrons. The van der Waals surface area contributed by atoms with Crippen LogP contribution in [0.4, 0.5) is 0 Å². The van der Waals surface area contributed by atoms with E-state index in [1.807, 2.05) is 11.3 Å². The van der Waals surface area contributed by atoms with E-state index in [1.165, 1.54) is 51.6 Å². The molecule has 2 aliphatic rings. The van der Waals surface area contributed by atoms with Crippen LogP contribution >= 0.6 is 11.3 Å². The normalized spacial score (nSPS) is 24.4. The SMILES string of the molecule is c1csc(C(NC2CCNCC2)C2CCCC2)c1. The lowest BCUT2D eigenvalue weighted by Crippen LogP contribution is -2.43. The van der Waals surface area contributed by atoms with E-state index in [0.717, 1.165) is 12.0 Å². The molecule has 2 fully saturated rings. The van der Waals surface area contributed by atoms with Gasteiger partial charge in [-0.2, -0.15) is 0 Å². The number of hydrogen-bond acceptors (Lipinski definition) is 3. The molecule has 1 unspecified atom stereocenters. The van der Waals surface area contributed by atoms with Gasteiger partial charge in [0.25, 0.3) is 0 Å². The van der Waals surface area contributed by atoms with E-state index in [4.69, 9.17) is 0 Å². The van der Waals surface area contributed by atoms with Crippen LogP contribution < -0.4 is 10.6 Å². The maximum atomic E-state index is 3.97. The van der Waals surface area contributed by atoms with Crippen LogP contribution in [0.5, 0.6) is 0 Å². The van der Waals surface area contributed by atoms with Gasteiger partial charge >= 0.3 is 0 Å². The van der Waals surface area contributed by atoms with Gasteiger partial charge in [-0.1, -0.05) is 18.9 Å². The highest BCUT2D eigenvalue weighted by molar-refractivity contribution is 7.10. The lowest BCUT2D eigenvalue weighted by atomic mass is 9.94. The Hall–Kier alpha value is -0.380. The Kier molecular flexibility index (Phi) is 4.34. The summed E-state index contributed by atoms with van der Waals surface area (Å²) in [5.41, 5.74) is 0. The standard InChI is InChI=1S/C15H24N2S/c1-2-5-12(4-1)15(14-6-3-11-18-14)17-13-7-9-16-10-8-13/h3,6,11-13,15-17H,1-2,4-5,7-10H2. The molecule has 0 spiro atoms. The summed E-state index contributed by atoms with van der Waals surface area (Å²) in [5, 5.41) is 9.65. The maximum absolute atomic E-state index is 3.97. The fraction of sp³-hybridized carbons (Fsp3) is 0.733. The van der Waals surface area contributed by atoms with Crippen molar-refractivity contribution in [1.29, 1.82) is 0 Å². The van der Waals surface area contributed by atoms with E-state index in [-0.39, 0.29) is 0 Å². The molecule has 0 amide bonds. The summed E-state index contributed by atoms with van der Waals surface area (Å²) in [5.74, 6) is 0.874.